The second-order valence-electron chi connectivity index (χ2n) is 5.74. The molecule has 0 bridgehead atoms. The zero-order valence-corrected chi connectivity index (χ0v) is 14.8. The van der Waals surface area contributed by atoms with Crippen molar-refractivity contribution >= 4 is 23.8 Å². The predicted molar refractivity (Wildman–Crippen MR) is 102 cm³/mol. The third-order valence-electron chi connectivity index (χ3n) is 3.96. The lowest BCUT2D eigenvalue weighted by atomic mass is 10.1. The van der Waals surface area contributed by atoms with E-state index in [1.165, 1.54) is 37.6 Å². The number of rotatable bonds is 5. The molecule has 0 radical (unpaired) electrons. The molecule has 140 valence electrons. The van der Waals surface area contributed by atoms with Gasteiger partial charge in [-0.25, -0.2) is 9.52 Å². The number of nitro benzene ring substituents is 1. The maximum absolute atomic E-state index is 12.6. The van der Waals surface area contributed by atoms with Crippen LogP contribution in [0.1, 0.15) is 21.6 Å². The fourth-order valence-corrected chi connectivity index (χ4v) is 2.53. The molecule has 0 N–H and O–H groups in total. The smallest absolute Gasteiger partial charge is 0.337 e. The lowest BCUT2D eigenvalue weighted by Crippen LogP contribution is -2.33. The van der Waals surface area contributed by atoms with E-state index in [4.69, 9.17) is 0 Å². The first-order chi connectivity index (χ1) is 13.5. The van der Waals surface area contributed by atoms with Gasteiger partial charge in [-0.05, 0) is 34.8 Å². The molecule has 3 aromatic rings. The van der Waals surface area contributed by atoms with E-state index < -0.39 is 10.9 Å². The molecule has 0 atom stereocenters. The maximum Gasteiger partial charge on any atom is 0.337 e. The van der Waals surface area contributed by atoms with E-state index in [9.17, 15) is 20.1 Å². The third kappa shape index (κ3) is 4.01. The summed E-state index contributed by atoms with van der Waals surface area (Å²) in [5.74, 6) is -0.365. The van der Waals surface area contributed by atoms with E-state index in [2.05, 4.69) is 9.72 Å². The standard InChI is InChI=1S/C20H15N3O5/c1-28-20(24)15-8-5-14(6-9-15)7-10-17-11-12-21-19(22(17)25)16-3-2-4-18(13-16)23(26)27/h2-13H,1H3/b10-7+. The molecule has 28 heavy (non-hydrogen) atoms. The summed E-state index contributed by atoms with van der Waals surface area (Å²) in [4.78, 5) is 25.9. The highest BCUT2D eigenvalue weighted by atomic mass is 16.6. The van der Waals surface area contributed by atoms with E-state index in [0.717, 1.165) is 5.56 Å². The van der Waals surface area contributed by atoms with Crippen LogP contribution in [0.5, 0.6) is 0 Å². The molecule has 0 aliphatic carbocycles. The van der Waals surface area contributed by atoms with Crippen LogP contribution in [-0.2, 0) is 4.74 Å². The summed E-state index contributed by atoms with van der Waals surface area (Å²) >= 11 is 0. The van der Waals surface area contributed by atoms with Gasteiger partial charge in [0.05, 0.1) is 23.2 Å². The maximum atomic E-state index is 12.6. The molecule has 0 aliphatic rings. The highest BCUT2D eigenvalue weighted by Crippen LogP contribution is 2.20. The summed E-state index contributed by atoms with van der Waals surface area (Å²) in [6.07, 6.45) is 4.77. The molecule has 0 amide bonds. The number of hydrogen-bond donors (Lipinski definition) is 0. The van der Waals surface area contributed by atoms with Crippen molar-refractivity contribution in [2.75, 3.05) is 7.11 Å². The average Bonchev–Trinajstić information content (AvgIpc) is 2.73. The predicted octanol–water partition coefficient (Wildman–Crippen LogP) is 3.25. The van der Waals surface area contributed by atoms with E-state index in [0.29, 0.717) is 21.6 Å². The van der Waals surface area contributed by atoms with Crippen LogP contribution in [-0.4, -0.2) is 23.0 Å². The van der Waals surface area contributed by atoms with Gasteiger partial charge in [0.2, 0.25) is 0 Å². The minimum atomic E-state index is -0.527. The van der Waals surface area contributed by atoms with E-state index >= 15 is 0 Å². The van der Waals surface area contributed by atoms with Gasteiger partial charge in [0.25, 0.3) is 5.69 Å². The number of non-ortho nitro benzene ring substituents is 1. The topological polar surface area (TPSA) is 109 Å². The van der Waals surface area contributed by atoms with Crippen LogP contribution in [0.25, 0.3) is 23.5 Å². The van der Waals surface area contributed by atoms with Crippen molar-refractivity contribution in [1.82, 2.24) is 4.98 Å². The molecular formula is C20H15N3O5. The molecule has 8 nitrogen and oxygen atoms in total. The minimum Gasteiger partial charge on any atom is -0.710 e. The monoisotopic (exact) mass is 377 g/mol. The summed E-state index contributed by atoms with van der Waals surface area (Å²) in [6.45, 7) is 0. The zero-order chi connectivity index (χ0) is 20.1. The minimum absolute atomic E-state index is 0.0619. The lowest BCUT2D eigenvalue weighted by Gasteiger charge is -2.09. The Labute approximate surface area is 160 Å². The van der Waals surface area contributed by atoms with E-state index in [-0.39, 0.29) is 11.5 Å². The summed E-state index contributed by atoms with van der Waals surface area (Å²) in [5, 5.41) is 23.6. The quantitative estimate of drug-likeness (QED) is 0.222. The van der Waals surface area contributed by atoms with Crippen molar-refractivity contribution < 1.29 is 19.2 Å². The number of nitro groups is 1. The van der Waals surface area contributed by atoms with Crippen LogP contribution < -0.4 is 4.73 Å². The fraction of sp³-hybridized carbons (Fsp3) is 0.0500. The van der Waals surface area contributed by atoms with Crippen LogP contribution in [0.4, 0.5) is 5.69 Å². The Balaban J connectivity index is 1.89. The van der Waals surface area contributed by atoms with Gasteiger partial charge in [-0.3, -0.25) is 10.1 Å². The first-order valence-electron chi connectivity index (χ1n) is 8.19. The van der Waals surface area contributed by atoms with Gasteiger partial charge < -0.3 is 9.94 Å². The van der Waals surface area contributed by atoms with Gasteiger partial charge in [0, 0.05) is 18.2 Å². The first kappa shape index (κ1) is 18.7. The van der Waals surface area contributed by atoms with Crippen molar-refractivity contribution in [2.24, 2.45) is 0 Å². The molecule has 0 saturated carbocycles. The van der Waals surface area contributed by atoms with Crippen LogP contribution in [0, 0.1) is 15.3 Å². The van der Waals surface area contributed by atoms with Gasteiger partial charge in [-0.2, -0.15) is 0 Å². The number of benzene rings is 2. The lowest BCUT2D eigenvalue weighted by molar-refractivity contribution is -0.598. The molecule has 2 aromatic carbocycles. The van der Waals surface area contributed by atoms with Crippen molar-refractivity contribution in [1.29, 1.82) is 0 Å². The largest absolute Gasteiger partial charge is 0.710 e. The van der Waals surface area contributed by atoms with Gasteiger partial charge in [0.1, 0.15) is 11.9 Å². The Morgan fingerprint density at radius 3 is 2.57 bits per heavy atom. The molecule has 1 aromatic heterocycles. The Morgan fingerprint density at radius 1 is 1.14 bits per heavy atom. The number of aromatic nitrogens is 2. The average molecular weight is 377 g/mol. The number of nitrogens with zero attached hydrogens (tertiary/aromatic N) is 3. The Kier molecular flexibility index (Phi) is 5.40. The number of hydrogen-bond acceptors (Lipinski definition) is 6. The van der Waals surface area contributed by atoms with Gasteiger partial charge in [-0.15, -0.1) is 0 Å². The Morgan fingerprint density at radius 2 is 1.89 bits per heavy atom. The van der Waals surface area contributed by atoms with Crippen LogP contribution in [0.3, 0.4) is 0 Å². The molecule has 0 unspecified atom stereocenters. The second kappa shape index (κ2) is 8.09. The highest BCUT2D eigenvalue weighted by molar-refractivity contribution is 5.89. The number of carbonyl (C=O) groups is 1. The van der Waals surface area contributed by atoms with Crippen LogP contribution >= 0.6 is 0 Å². The summed E-state index contributed by atoms with van der Waals surface area (Å²) < 4.78 is 5.26. The van der Waals surface area contributed by atoms with Crippen molar-refractivity contribution in [3.8, 4) is 11.4 Å². The van der Waals surface area contributed by atoms with Gasteiger partial charge in [-0.1, -0.05) is 24.3 Å². The van der Waals surface area contributed by atoms with Gasteiger partial charge in [0.15, 0.2) is 0 Å². The summed E-state index contributed by atoms with van der Waals surface area (Å²) in [7, 11) is 1.31. The first-order valence-corrected chi connectivity index (χ1v) is 8.19. The third-order valence-corrected chi connectivity index (χ3v) is 3.96. The van der Waals surface area contributed by atoms with E-state index in [1.807, 2.05) is 0 Å². The van der Waals surface area contributed by atoms with Crippen molar-refractivity contribution in [3.05, 3.63) is 92.9 Å². The van der Waals surface area contributed by atoms with Crippen molar-refractivity contribution in [3.63, 3.8) is 0 Å². The molecule has 3 rings (SSSR count). The van der Waals surface area contributed by atoms with Crippen LogP contribution in [0.15, 0.2) is 60.8 Å². The highest BCUT2D eigenvalue weighted by Gasteiger charge is 2.16. The fourth-order valence-electron chi connectivity index (χ4n) is 2.53. The molecule has 0 saturated heterocycles. The molecule has 8 heteroatoms. The second-order valence-corrected chi connectivity index (χ2v) is 5.74. The SMILES string of the molecule is COC(=O)c1ccc(/C=C/c2ccnc(-c3cccc([N+](=O)[O-])c3)[n+]2[O-])cc1. The summed E-state index contributed by atoms with van der Waals surface area (Å²) in [6, 6.07) is 14.0. The molecular weight excluding hydrogens is 362 g/mol. The number of esters is 1. The number of ether oxygens (including phenoxy) is 1. The zero-order valence-electron chi connectivity index (χ0n) is 14.8. The normalized spacial score (nSPS) is 10.8. The van der Waals surface area contributed by atoms with Gasteiger partial charge >= 0.3 is 11.8 Å². The van der Waals surface area contributed by atoms with Crippen LogP contribution in [0.2, 0.25) is 0 Å². The molecule has 0 aliphatic heterocycles. The number of carbonyl (C=O) groups excluding carboxylic acids is 1. The number of methoxy groups -OCH3 is 1. The Bertz CT molecular complexity index is 1060. The van der Waals surface area contributed by atoms with Crippen molar-refractivity contribution in [2.45, 2.75) is 0 Å². The molecule has 0 spiro atoms. The Hall–Kier alpha value is -4.07. The molecule has 0 fully saturated rings. The summed E-state index contributed by atoms with van der Waals surface area (Å²) in [5.41, 5.74) is 1.75. The molecule has 1 heterocycles. The van der Waals surface area contributed by atoms with E-state index in [1.54, 1.807) is 42.5 Å².